The van der Waals surface area contributed by atoms with E-state index in [1.807, 2.05) is 19.3 Å². The molecule has 5 heteroatoms. The highest BCUT2D eigenvalue weighted by Gasteiger charge is 2.18. The molecule has 0 aromatic carbocycles. The van der Waals surface area contributed by atoms with Crippen molar-refractivity contribution in [2.75, 3.05) is 37.6 Å². The smallest absolute Gasteiger partial charge is 0.225 e. The van der Waals surface area contributed by atoms with Gasteiger partial charge in [0.2, 0.25) is 5.95 Å². The molecule has 2 rings (SSSR count). The molecular formula is C12H18N4O. The van der Waals surface area contributed by atoms with E-state index in [0.29, 0.717) is 6.42 Å². The van der Waals surface area contributed by atoms with Gasteiger partial charge in [-0.2, -0.15) is 0 Å². The molecule has 92 valence electrons. The molecule has 0 spiro atoms. The predicted molar refractivity (Wildman–Crippen MR) is 66.1 cm³/mol. The molecule has 1 aromatic rings. The summed E-state index contributed by atoms with van der Waals surface area (Å²) >= 11 is 0. The number of anilines is 1. The van der Waals surface area contributed by atoms with Gasteiger partial charge in [0, 0.05) is 51.5 Å². The Kier molecular flexibility index (Phi) is 4.03. The number of carbonyl (C=O) groups is 1. The fourth-order valence-electron chi connectivity index (χ4n) is 1.96. The summed E-state index contributed by atoms with van der Waals surface area (Å²) < 4.78 is 0. The minimum atomic E-state index is 0.626. The normalized spacial score (nSPS) is 17.1. The maximum absolute atomic E-state index is 10.3. The Bertz CT molecular complexity index is 357. The maximum Gasteiger partial charge on any atom is 0.225 e. The maximum atomic E-state index is 10.3. The fraction of sp³-hybridized carbons (Fsp3) is 0.583. The second-order valence-electron chi connectivity index (χ2n) is 4.34. The van der Waals surface area contributed by atoms with E-state index in [1.165, 1.54) is 0 Å². The lowest BCUT2D eigenvalue weighted by Crippen LogP contribution is -2.47. The molecule has 0 saturated carbocycles. The van der Waals surface area contributed by atoms with Gasteiger partial charge in [-0.25, -0.2) is 9.97 Å². The number of aryl methyl sites for hydroxylation is 1. The molecule has 0 unspecified atom stereocenters. The van der Waals surface area contributed by atoms with E-state index in [0.717, 1.165) is 50.5 Å². The van der Waals surface area contributed by atoms with E-state index in [1.54, 1.807) is 0 Å². The van der Waals surface area contributed by atoms with Gasteiger partial charge in [-0.3, -0.25) is 4.90 Å². The van der Waals surface area contributed by atoms with E-state index in [9.17, 15) is 4.79 Å². The van der Waals surface area contributed by atoms with Crippen molar-refractivity contribution in [3.63, 3.8) is 0 Å². The molecule has 1 aliphatic heterocycles. The summed E-state index contributed by atoms with van der Waals surface area (Å²) in [5.41, 5.74) is 1.08. The topological polar surface area (TPSA) is 49.3 Å². The van der Waals surface area contributed by atoms with Gasteiger partial charge in [0.05, 0.1) is 0 Å². The van der Waals surface area contributed by atoms with Crippen LogP contribution in [0.2, 0.25) is 0 Å². The molecule has 17 heavy (non-hydrogen) atoms. The van der Waals surface area contributed by atoms with Crippen LogP contribution in [-0.4, -0.2) is 53.9 Å². The summed E-state index contributed by atoms with van der Waals surface area (Å²) in [4.78, 5) is 23.5. The van der Waals surface area contributed by atoms with Crippen LogP contribution in [-0.2, 0) is 4.79 Å². The second-order valence-corrected chi connectivity index (χ2v) is 4.34. The van der Waals surface area contributed by atoms with Crippen molar-refractivity contribution in [2.45, 2.75) is 13.3 Å². The van der Waals surface area contributed by atoms with Crippen molar-refractivity contribution in [2.24, 2.45) is 0 Å². The zero-order valence-corrected chi connectivity index (χ0v) is 10.2. The lowest BCUT2D eigenvalue weighted by Gasteiger charge is -2.34. The molecule has 0 atom stereocenters. The van der Waals surface area contributed by atoms with Crippen molar-refractivity contribution >= 4 is 12.2 Å². The summed E-state index contributed by atoms with van der Waals surface area (Å²) in [5.74, 6) is 0.811. The Hall–Kier alpha value is -1.49. The van der Waals surface area contributed by atoms with E-state index < -0.39 is 0 Å². The molecule has 2 heterocycles. The van der Waals surface area contributed by atoms with Crippen LogP contribution >= 0.6 is 0 Å². The van der Waals surface area contributed by atoms with Crippen molar-refractivity contribution in [1.82, 2.24) is 14.9 Å². The molecule has 0 amide bonds. The number of hydrogen-bond acceptors (Lipinski definition) is 5. The monoisotopic (exact) mass is 234 g/mol. The third kappa shape index (κ3) is 3.23. The highest BCUT2D eigenvalue weighted by atomic mass is 16.1. The third-order valence-electron chi connectivity index (χ3n) is 2.99. The van der Waals surface area contributed by atoms with Crippen molar-refractivity contribution in [1.29, 1.82) is 0 Å². The molecule has 0 aliphatic carbocycles. The standard InChI is InChI=1S/C12H18N4O/c1-11-9-13-12(14-10-11)16-6-4-15(5-7-16)3-2-8-17/h8-10H,2-7H2,1H3. The molecule has 1 aromatic heterocycles. The summed E-state index contributed by atoms with van der Waals surface area (Å²) in [6.45, 7) is 6.67. The summed E-state index contributed by atoms with van der Waals surface area (Å²) in [6, 6.07) is 0. The Morgan fingerprint density at radius 2 is 1.88 bits per heavy atom. The van der Waals surface area contributed by atoms with Gasteiger partial charge in [-0.05, 0) is 12.5 Å². The van der Waals surface area contributed by atoms with Crippen LogP contribution in [0.1, 0.15) is 12.0 Å². The molecule has 1 aliphatic rings. The van der Waals surface area contributed by atoms with E-state index in [4.69, 9.17) is 0 Å². The summed E-state index contributed by atoms with van der Waals surface area (Å²) in [7, 11) is 0. The number of carbonyl (C=O) groups excluding carboxylic acids is 1. The second kappa shape index (κ2) is 5.72. The largest absolute Gasteiger partial charge is 0.338 e. The highest BCUT2D eigenvalue weighted by Crippen LogP contribution is 2.10. The van der Waals surface area contributed by atoms with Gasteiger partial charge in [0.1, 0.15) is 6.29 Å². The lowest BCUT2D eigenvalue weighted by atomic mass is 10.3. The Morgan fingerprint density at radius 3 is 2.47 bits per heavy atom. The Labute approximate surface area is 101 Å². The quantitative estimate of drug-likeness (QED) is 0.710. The van der Waals surface area contributed by atoms with Gasteiger partial charge in [0.25, 0.3) is 0 Å². The Balaban J connectivity index is 1.86. The van der Waals surface area contributed by atoms with Crippen LogP contribution in [0.3, 0.4) is 0 Å². The molecule has 1 saturated heterocycles. The minimum absolute atomic E-state index is 0.626. The number of aldehydes is 1. The average Bonchev–Trinajstić information content (AvgIpc) is 2.38. The SMILES string of the molecule is Cc1cnc(N2CCN(CCC=O)CC2)nc1. The number of aromatic nitrogens is 2. The van der Waals surface area contributed by atoms with Crippen LogP contribution in [0.5, 0.6) is 0 Å². The first-order valence-electron chi connectivity index (χ1n) is 5.99. The highest BCUT2D eigenvalue weighted by molar-refractivity contribution is 5.49. The number of nitrogens with zero attached hydrogens (tertiary/aromatic N) is 4. The van der Waals surface area contributed by atoms with Crippen LogP contribution in [0.25, 0.3) is 0 Å². The lowest BCUT2D eigenvalue weighted by molar-refractivity contribution is -0.108. The van der Waals surface area contributed by atoms with Gasteiger partial charge in [-0.1, -0.05) is 0 Å². The molecule has 1 fully saturated rings. The molecule has 5 nitrogen and oxygen atoms in total. The van der Waals surface area contributed by atoms with E-state index >= 15 is 0 Å². The zero-order valence-electron chi connectivity index (χ0n) is 10.2. The summed E-state index contributed by atoms with van der Waals surface area (Å²) in [6.07, 6.45) is 5.30. The van der Waals surface area contributed by atoms with Crippen molar-refractivity contribution < 1.29 is 4.79 Å². The van der Waals surface area contributed by atoms with Crippen molar-refractivity contribution in [3.8, 4) is 0 Å². The van der Waals surface area contributed by atoms with Gasteiger partial charge >= 0.3 is 0 Å². The van der Waals surface area contributed by atoms with Crippen LogP contribution in [0.4, 0.5) is 5.95 Å². The Morgan fingerprint density at radius 1 is 1.24 bits per heavy atom. The number of hydrogen-bond donors (Lipinski definition) is 0. The molecule has 0 N–H and O–H groups in total. The van der Waals surface area contributed by atoms with Crippen molar-refractivity contribution in [3.05, 3.63) is 18.0 Å². The van der Waals surface area contributed by atoms with E-state index in [-0.39, 0.29) is 0 Å². The average molecular weight is 234 g/mol. The predicted octanol–water partition coefficient (Wildman–Crippen LogP) is 0.496. The number of piperazine rings is 1. The fourth-order valence-corrected chi connectivity index (χ4v) is 1.96. The van der Waals surface area contributed by atoms with Crippen LogP contribution in [0.15, 0.2) is 12.4 Å². The molecular weight excluding hydrogens is 216 g/mol. The molecule has 0 bridgehead atoms. The molecule has 0 radical (unpaired) electrons. The van der Waals surface area contributed by atoms with E-state index in [2.05, 4.69) is 19.8 Å². The third-order valence-corrected chi connectivity index (χ3v) is 2.99. The zero-order chi connectivity index (χ0) is 12.1. The van der Waals surface area contributed by atoms with Crippen LogP contribution < -0.4 is 4.90 Å². The summed E-state index contributed by atoms with van der Waals surface area (Å²) in [5, 5.41) is 0. The number of rotatable bonds is 4. The first kappa shape index (κ1) is 12.0. The first-order chi connectivity index (χ1) is 8.29. The van der Waals surface area contributed by atoms with Gasteiger partial charge in [0.15, 0.2) is 0 Å². The minimum Gasteiger partial charge on any atom is -0.338 e. The van der Waals surface area contributed by atoms with Gasteiger partial charge < -0.3 is 9.69 Å². The van der Waals surface area contributed by atoms with Crippen LogP contribution in [0, 0.1) is 6.92 Å². The van der Waals surface area contributed by atoms with Gasteiger partial charge in [-0.15, -0.1) is 0 Å². The first-order valence-corrected chi connectivity index (χ1v) is 5.99.